The van der Waals surface area contributed by atoms with E-state index in [1.165, 1.54) is 18.9 Å². The second-order valence-corrected chi connectivity index (χ2v) is 5.48. The van der Waals surface area contributed by atoms with Gasteiger partial charge in [0.15, 0.2) is 0 Å². The van der Waals surface area contributed by atoms with Crippen LogP contribution in [0.1, 0.15) is 13.8 Å². The van der Waals surface area contributed by atoms with E-state index < -0.39 is 4.75 Å². The number of carbonyl (C=O) groups excluding carboxylic acids is 1. The first-order chi connectivity index (χ1) is 7.49. The van der Waals surface area contributed by atoms with Gasteiger partial charge in [-0.15, -0.1) is 11.8 Å². The number of hydrogen-bond acceptors (Lipinski definition) is 4. The van der Waals surface area contributed by atoms with E-state index in [0.717, 1.165) is 10.6 Å². The van der Waals surface area contributed by atoms with Crippen LogP contribution in [0, 0.1) is 0 Å². The van der Waals surface area contributed by atoms with E-state index in [4.69, 9.17) is 9.47 Å². The lowest BCUT2D eigenvalue weighted by atomic mass is 10.2. The van der Waals surface area contributed by atoms with Gasteiger partial charge in [0.05, 0.1) is 14.2 Å². The van der Waals surface area contributed by atoms with Crippen LogP contribution in [-0.4, -0.2) is 24.9 Å². The van der Waals surface area contributed by atoms with Crippen LogP contribution in [0.3, 0.4) is 0 Å². The molecule has 3 nitrogen and oxygen atoms in total. The third-order valence-electron chi connectivity index (χ3n) is 2.11. The second kappa shape index (κ2) is 5.25. The molecule has 0 aliphatic rings. The molecule has 0 saturated heterocycles. The predicted molar refractivity (Wildman–Crippen MR) is 64.9 cm³/mol. The molecular weight excluding hydrogens is 224 g/mol. The summed E-state index contributed by atoms with van der Waals surface area (Å²) in [6.45, 7) is 3.68. The molecule has 0 amide bonds. The van der Waals surface area contributed by atoms with Crippen molar-refractivity contribution in [2.24, 2.45) is 0 Å². The summed E-state index contributed by atoms with van der Waals surface area (Å²) in [5.41, 5.74) is 0. The molecule has 0 radical (unpaired) electrons. The van der Waals surface area contributed by atoms with E-state index in [9.17, 15) is 4.79 Å². The van der Waals surface area contributed by atoms with Crippen molar-refractivity contribution in [1.82, 2.24) is 0 Å². The van der Waals surface area contributed by atoms with Crippen molar-refractivity contribution in [1.29, 1.82) is 0 Å². The maximum Gasteiger partial charge on any atom is 0.321 e. The zero-order valence-electron chi connectivity index (χ0n) is 9.94. The summed E-state index contributed by atoms with van der Waals surface area (Å²) >= 11 is 1.47. The minimum Gasteiger partial charge on any atom is -0.497 e. The molecule has 0 aliphatic carbocycles. The Balaban J connectivity index is 2.76. The van der Waals surface area contributed by atoms with E-state index in [2.05, 4.69) is 0 Å². The predicted octanol–water partition coefficient (Wildman–Crippen LogP) is 2.74. The number of hydrogen-bond donors (Lipinski definition) is 0. The SMILES string of the molecule is COC(=O)C(C)(C)Sc1ccc(OC)cc1. The van der Waals surface area contributed by atoms with Gasteiger partial charge in [-0.05, 0) is 38.1 Å². The highest BCUT2D eigenvalue weighted by atomic mass is 32.2. The number of benzene rings is 1. The highest BCUT2D eigenvalue weighted by molar-refractivity contribution is 8.01. The number of ether oxygens (including phenoxy) is 2. The largest absolute Gasteiger partial charge is 0.497 e. The van der Waals surface area contributed by atoms with Gasteiger partial charge in [0.1, 0.15) is 10.5 Å². The Morgan fingerprint density at radius 1 is 1.19 bits per heavy atom. The monoisotopic (exact) mass is 240 g/mol. The molecule has 0 N–H and O–H groups in total. The normalized spacial score (nSPS) is 11.0. The van der Waals surface area contributed by atoms with Crippen LogP contribution in [-0.2, 0) is 9.53 Å². The summed E-state index contributed by atoms with van der Waals surface area (Å²) in [6.07, 6.45) is 0. The molecular formula is C12H16O3S. The molecule has 0 aromatic heterocycles. The van der Waals surface area contributed by atoms with Crippen LogP contribution in [0.5, 0.6) is 5.75 Å². The molecule has 4 heteroatoms. The van der Waals surface area contributed by atoms with Crippen LogP contribution < -0.4 is 4.74 Å². The van der Waals surface area contributed by atoms with Crippen LogP contribution >= 0.6 is 11.8 Å². The number of thioether (sulfide) groups is 1. The summed E-state index contributed by atoms with van der Waals surface area (Å²) in [6, 6.07) is 7.59. The molecule has 0 unspecified atom stereocenters. The summed E-state index contributed by atoms with van der Waals surface area (Å²) < 4.78 is 9.23. The molecule has 0 aliphatic heterocycles. The third-order valence-corrected chi connectivity index (χ3v) is 3.29. The minimum atomic E-state index is -0.580. The van der Waals surface area contributed by atoms with Crippen molar-refractivity contribution in [3.8, 4) is 5.75 Å². The van der Waals surface area contributed by atoms with Crippen LogP contribution in [0.15, 0.2) is 29.2 Å². The Hall–Kier alpha value is -1.16. The molecule has 0 bridgehead atoms. The van der Waals surface area contributed by atoms with E-state index in [1.54, 1.807) is 7.11 Å². The van der Waals surface area contributed by atoms with E-state index in [1.807, 2.05) is 38.1 Å². The average Bonchev–Trinajstić information content (AvgIpc) is 2.28. The van der Waals surface area contributed by atoms with Gasteiger partial charge in [-0.25, -0.2) is 0 Å². The quantitative estimate of drug-likeness (QED) is 0.599. The fourth-order valence-corrected chi connectivity index (χ4v) is 2.25. The third kappa shape index (κ3) is 3.17. The van der Waals surface area contributed by atoms with Gasteiger partial charge in [0, 0.05) is 4.90 Å². The lowest BCUT2D eigenvalue weighted by Gasteiger charge is -2.20. The Morgan fingerprint density at radius 3 is 2.19 bits per heavy atom. The minimum absolute atomic E-state index is 0.228. The van der Waals surface area contributed by atoms with E-state index in [0.29, 0.717) is 0 Å². The Morgan fingerprint density at radius 2 is 1.75 bits per heavy atom. The lowest BCUT2D eigenvalue weighted by Crippen LogP contribution is -2.28. The topological polar surface area (TPSA) is 35.5 Å². The highest BCUT2D eigenvalue weighted by Gasteiger charge is 2.29. The van der Waals surface area contributed by atoms with E-state index in [-0.39, 0.29) is 5.97 Å². The maximum absolute atomic E-state index is 11.5. The first-order valence-corrected chi connectivity index (χ1v) is 5.72. The molecule has 0 fully saturated rings. The Bertz CT molecular complexity index is 357. The fourth-order valence-electron chi connectivity index (χ4n) is 1.23. The first kappa shape index (κ1) is 12.9. The fraction of sp³-hybridized carbons (Fsp3) is 0.417. The van der Waals surface area contributed by atoms with Gasteiger partial charge in [0.2, 0.25) is 0 Å². The standard InChI is InChI=1S/C12H16O3S/c1-12(2,11(13)15-4)16-10-7-5-9(14-3)6-8-10/h5-8H,1-4H3. The van der Waals surface area contributed by atoms with Crippen LogP contribution in [0.25, 0.3) is 0 Å². The zero-order chi connectivity index (χ0) is 12.2. The summed E-state index contributed by atoms with van der Waals surface area (Å²) in [4.78, 5) is 12.5. The van der Waals surface area contributed by atoms with Crippen molar-refractivity contribution in [2.45, 2.75) is 23.5 Å². The van der Waals surface area contributed by atoms with Gasteiger partial charge >= 0.3 is 5.97 Å². The van der Waals surface area contributed by atoms with Crippen LogP contribution in [0.2, 0.25) is 0 Å². The smallest absolute Gasteiger partial charge is 0.321 e. The molecule has 1 aromatic carbocycles. The summed E-state index contributed by atoms with van der Waals surface area (Å²) in [7, 11) is 3.03. The van der Waals surface area contributed by atoms with Crippen molar-refractivity contribution >= 4 is 17.7 Å². The summed E-state index contributed by atoms with van der Waals surface area (Å²) in [5, 5.41) is 0. The van der Waals surface area contributed by atoms with Gasteiger partial charge in [-0.3, -0.25) is 4.79 Å². The number of methoxy groups -OCH3 is 2. The van der Waals surface area contributed by atoms with Gasteiger partial charge in [-0.1, -0.05) is 0 Å². The van der Waals surface area contributed by atoms with Gasteiger partial charge < -0.3 is 9.47 Å². The number of carbonyl (C=O) groups is 1. The Labute approximate surface area is 100 Å². The number of rotatable bonds is 4. The van der Waals surface area contributed by atoms with Gasteiger partial charge in [-0.2, -0.15) is 0 Å². The molecule has 88 valence electrons. The molecule has 1 rings (SSSR count). The number of esters is 1. The van der Waals surface area contributed by atoms with Crippen molar-refractivity contribution in [2.75, 3.05) is 14.2 Å². The maximum atomic E-state index is 11.5. The molecule has 0 heterocycles. The van der Waals surface area contributed by atoms with Gasteiger partial charge in [0.25, 0.3) is 0 Å². The zero-order valence-corrected chi connectivity index (χ0v) is 10.8. The molecule has 16 heavy (non-hydrogen) atoms. The average molecular weight is 240 g/mol. The summed E-state index contributed by atoms with van der Waals surface area (Å²) in [5.74, 6) is 0.577. The molecule has 0 spiro atoms. The Kier molecular flexibility index (Phi) is 4.24. The second-order valence-electron chi connectivity index (χ2n) is 3.78. The van der Waals surface area contributed by atoms with Crippen molar-refractivity contribution < 1.29 is 14.3 Å². The highest BCUT2D eigenvalue weighted by Crippen LogP contribution is 2.34. The lowest BCUT2D eigenvalue weighted by molar-refractivity contribution is -0.142. The molecule has 0 saturated carbocycles. The van der Waals surface area contributed by atoms with Crippen molar-refractivity contribution in [3.05, 3.63) is 24.3 Å². The molecule has 0 atom stereocenters. The van der Waals surface area contributed by atoms with E-state index >= 15 is 0 Å². The van der Waals surface area contributed by atoms with Crippen molar-refractivity contribution in [3.63, 3.8) is 0 Å². The molecule has 1 aromatic rings. The first-order valence-electron chi connectivity index (χ1n) is 4.91. The van der Waals surface area contributed by atoms with Crippen LogP contribution in [0.4, 0.5) is 0 Å².